The number of morpholine rings is 1. The Morgan fingerprint density at radius 2 is 1.90 bits per heavy atom. The van der Waals surface area contributed by atoms with Gasteiger partial charge in [-0.25, -0.2) is 8.42 Å². The van der Waals surface area contributed by atoms with E-state index < -0.39 is 10.0 Å². The third-order valence-electron chi connectivity index (χ3n) is 3.26. The van der Waals surface area contributed by atoms with Crippen molar-refractivity contribution in [1.82, 2.24) is 4.31 Å². The van der Waals surface area contributed by atoms with E-state index in [9.17, 15) is 8.42 Å². The van der Waals surface area contributed by atoms with E-state index in [1.807, 2.05) is 6.07 Å². The van der Waals surface area contributed by atoms with Crippen molar-refractivity contribution in [3.63, 3.8) is 0 Å². The molecule has 1 saturated heterocycles. The van der Waals surface area contributed by atoms with E-state index in [4.69, 9.17) is 4.74 Å². The lowest BCUT2D eigenvalue weighted by atomic mass is 9.97. The van der Waals surface area contributed by atoms with Gasteiger partial charge in [0.25, 0.3) is 0 Å². The molecule has 1 N–H and O–H groups in total. The highest BCUT2D eigenvalue weighted by Gasteiger charge is 2.26. The van der Waals surface area contributed by atoms with E-state index in [0.29, 0.717) is 31.2 Å². The quantitative estimate of drug-likeness (QED) is 0.925. The predicted octanol–water partition coefficient (Wildman–Crippen LogP) is 2.17. The molecule has 1 aromatic rings. The van der Waals surface area contributed by atoms with Crippen molar-refractivity contribution < 1.29 is 13.2 Å². The molecule has 0 aliphatic carbocycles. The number of nitrogens with one attached hydrogen (secondary N) is 1. The molecule has 0 unspecified atom stereocenters. The van der Waals surface area contributed by atoms with Crippen molar-refractivity contribution in [2.24, 2.45) is 5.41 Å². The van der Waals surface area contributed by atoms with Gasteiger partial charge in [-0.1, -0.05) is 26.8 Å². The second-order valence-electron chi connectivity index (χ2n) is 6.46. The molecule has 0 spiro atoms. The average molecular weight is 312 g/mol. The number of hydrogen-bond donors (Lipinski definition) is 1. The summed E-state index contributed by atoms with van der Waals surface area (Å²) in [6.07, 6.45) is 0. The van der Waals surface area contributed by atoms with Gasteiger partial charge in [-0.2, -0.15) is 4.31 Å². The molecule has 6 heteroatoms. The van der Waals surface area contributed by atoms with E-state index in [1.165, 1.54) is 4.31 Å². The van der Waals surface area contributed by atoms with Gasteiger partial charge in [0.1, 0.15) is 0 Å². The van der Waals surface area contributed by atoms with Crippen LogP contribution in [0.3, 0.4) is 0 Å². The van der Waals surface area contributed by atoms with Gasteiger partial charge < -0.3 is 10.1 Å². The van der Waals surface area contributed by atoms with Crippen LogP contribution >= 0.6 is 0 Å². The van der Waals surface area contributed by atoms with Crippen molar-refractivity contribution in [3.05, 3.63) is 24.3 Å². The van der Waals surface area contributed by atoms with Gasteiger partial charge in [0.05, 0.1) is 18.1 Å². The van der Waals surface area contributed by atoms with Crippen LogP contribution < -0.4 is 5.32 Å². The van der Waals surface area contributed by atoms with Crippen molar-refractivity contribution in [3.8, 4) is 0 Å². The van der Waals surface area contributed by atoms with Crippen LogP contribution in [0.25, 0.3) is 0 Å². The number of nitrogens with zero attached hydrogens (tertiary/aromatic N) is 1. The van der Waals surface area contributed by atoms with Gasteiger partial charge in [0, 0.05) is 25.3 Å². The SMILES string of the molecule is CC(C)(C)CNc1cccc(S(=O)(=O)N2CCOCC2)c1. The zero-order valence-electron chi connectivity index (χ0n) is 12.9. The summed E-state index contributed by atoms with van der Waals surface area (Å²) in [5.74, 6) is 0. The lowest BCUT2D eigenvalue weighted by Gasteiger charge is -2.26. The zero-order chi connectivity index (χ0) is 15.5. The lowest BCUT2D eigenvalue weighted by molar-refractivity contribution is 0.0730. The summed E-state index contributed by atoms with van der Waals surface area (Å²) >= 11 is 0. The number of sulfonamides is 1. The molecule has 21 heavy (non-hydrogen) atoms. The molecule has 1 aromatic carbocycles. The first-order valence-corrected chi connectivity index (χ1v) is 8.65. The number of benzene rings is 1. The number of rotatable bonds is 4. The molecule has 2 rings (SSSR count). The Kier molecular flexibility index (Phi) is 4.91. The number of anilines is 1. The molecule has 5 nitrogen and oxygen atoms in total. The normalized spacial score (nSPS) is 17.7. The third-order valence-corrected chi connectivity index (χ3v) is 5.16. The molecule has 0 radical (unpaired) electrons. The van der Waals surface area contributed by atoms with Gasteiger partial charge >= 0.3 is 0 Å². The Labute approximate surface area is 127 Å². The molecular weight excluding hydrogens is 288 g/mol. The minimum Gasteiger partial charge on any atom is -0.384 e. The second-order valence-corrected chi connectivity index (χ2v) is 8.40. The van der Waals surface area contributed by atoms with Crippen LogP contribution in [0.2, 0.25) is 0 Å². The standard InChI is InChI=1S/C15H24N2O3S/c1-15(2,3)12-16-13-5-4-6-14(11-13)21(18,19)17-7-9-20-10-8-17/h4-6,11,16H,7-10,12H2,1-3H3. The summed E-state index contributed by atoms with van der Waals surface area (Å²) in [6, 6.07) is 7.02. The van der Waals surface area contributed by atoms with E-state index >= 15 is 0 Å². The van der Waals surface area contributed by atoms with E-state index in [-0.39, 0.29) is 5.41 Å². The van der Waals surface area contributed by atoms with Gasteiger partial charge in [-0.3, -0.25) is 0 Å². The van der Waals surface area contributed by atoms with Gasteiger partial charge in [-0.05, 0) is 23.6 Å². The number of ether oxygens (including phenoxy) is 1. The topological polar surface area (TPSA) is 58.6 Å². The maximum Gasteiger partial charge on any atom is 0.243 e. The predicted molar refractivity (Wildman–Crippen MR) is 84.0 cm³/mol. The Hall–Kier alpha value is -1.11. The molecule has 0 saturated carbocycles. The smallest absolute Gasteiger partial charge is 0.243 e. The molecule has 1 heterocycles. The average Bonchev–Trinajstić information content (AvgIpc) is 2.46. The Morgan fingerprint density at radius 1 is 1.24 bits per heavy atom. The highest BCUT2D eigenvalue weighted by molar-refractivity contribution is 7.89. The fraction of sp³-hybridized carbons (Fsp3) is 0.600. The summed E-state index contributed by atoms with van der Waals surface area (Å²) in [6.45, 7) is 8.94. The van der Waals surface area contributed by atoms with E-state index in [0.717, 1.165) is 12.2 Å². The highest BCUT2D eigenvalue weighted by Crippen LogP contribution is 2.22. The van der Waals surface area contributed by atoms with Crippen LogP contribution in [0.5, 0.6) is 0 Å². The van der Waals surface area contributed by atoms with Gasteiger partial charge in [0.15, 0.2) is 0 Å². The monoisotopic (exact) mass is 312 g/mol. The fourth-order valence-electron chi connectivity index (χ4n) is 2.07. The molecular formula is C15H24N2O3S. The molecule has 0 bridgehead atoms. The Morgan fingerprint density at radius 3 is 2.52 bits per heavy atom. The van der Waals surface area contributed by atoms with Crippen molar-refractivity contribution in [2.75, 3.05) is 38.2 Å². The van der Waals surface area contributed by atoms with Crippen molar-refractivity contribution in [1.29, 1.82) is 0 Å². The first-order valence-electron chi connectivity index (χ1n) is 7.21. The molecule has 0 amide bonds. The van der Waals surface area contributed by atoms with Crippen LogP contribution in [-0.2, 0) is 14.8 Å². The second kappa shape index (κ2) is 6.34. The van der Waals surface area contributed by atoms with Crippen LogP contribution in [0.15, 0.2) is 29.2 Å². The molecule has 1 aliphatic heterocycles. The summed E-state index contributed by atoms with van der Waals surface area (Å²) in [4.78, 5) is 0.336. The van der Waals surface area contributed by atoms with Crippen molar-refractivity contribution in [2.45, 2.75) is 25.7 Å². The number of hydrogen-bond acceptors (Lipinski definition) is 4. The minimum absolute atomic E-state index is 0.138. The molecule has 0 atom stereocenters. The van der Waals surface area contributed by atoms with E-state index in [1.54, 1.807) is 18.2 Å². The Balaban J connectivity index is 2.16. The molecule has 1 fully saturated rings. The zero-order valence-corrected chi connectivity index (χ0v) is 13.7. The summed E-state index contributed by atoms with van der Waals surface area (Å²) < 4.78 is 31.9. The maximum atomic E-state index is 12.6. The lowest BCUT2D eigenvalue weighted by Crippen LogP contribution is -2.40. The fourth-order valence-corrected chi connectivity index (χ4v) is 3.52. The van der Waals surface area contributed by atoms with Gasteiger partial charge in [0.2, 0.25) is 10.0 Å². The summed E-state index contributed by atoms with van der Waals surface area (Å²) in [7, 11) is -3.42. The molecule has 0 aromatic heterocycles. The third kappa shape index (κ3) is 4.43. The first-order chi connectivity index (χ1) is 9.79. The molecule has 118 valence electrons. The van der Waals surface area contributed by atoms with Crippen molar-refractivity contribution >= 4 is 15.7 Å². The van der Waals surface area contributed by atoms with Crippen LogP contribution in [0, 0.1) is 5.41 Å². The maximum absolute atomic E-state index is 12.6. The highest BCUT2D eigenvalue weighted by atomic mass is 32.2. The van der Waals surface area contributed by atoms with Gasteiger partial charge in [-0.15, -0.1) is 0 Å². The van der Waals surface area contributed by atoms with E-state index in [2.05, 4.69) is 26.1 Å². The summed E-state index contributed by atoms with van der Waals surface area (Å²) in [5, 5.41) is 3.29. The summed E-state index contributed by atoms with van der Waals surface area (Å²) in [5.41, 5.74) is 0.971. The van der Waals surface area contributed by atoms with Crippen LogP contribution in [-0.4, -0.2) is 45.6 Å². The van der Waals surface area contributed by atoms with Crippen LogP contribution in [0.4, 0.5) is 5.69 Å². The largest absolute Gasteiger partial charge is 0.384 e. The first kappa shape index (κ1) is 16.3. The molecule has 1 aliphatic rings. The Bertz CT molecular complexity index is 573. The van der Waals surface area contributed by atoms with Crippen LogP contribution in [0.1, 0.15) is 20.8 Å². The minimum atomic E-state index is -3.42.